The molecule has 2 aliphatic rings. The van der Waals surface area contributed by atoms with Crippen LogP contribution in [0.15, 0.2) is 54.6 Å². The van der Waals surface area contributed by atoms with E-state index in [0.29, 0.717) is 11.8 Å². The predicted molar refractivity (Wildman–Crippen MR) is 69.5 cm³/mol. The van der Waals surface area contributed by atoms with Gasteiger partial charge in [-0.2, -0.15) is 0 Å². The summed E-state index contributed by atoms with van der Waals surface area (Å²) >= 11 is 0. The lowest BCUT2D eigenvalue weighted by molar-refractivity contribution is 0.0838. The smallest absolute Gasteiger partial charge is 0.0717 e. The van der Waals surface area contributed by atoms with Crippen molar-refractivity contribution < 1.29 is 4.74 Å². The Morgan fingerprint density at radius 2 is 1.94 bits per heavy atom. The summed E-state index contributed by atoms with van der Waals surface area (Å²) in [5, 5.41) is 0. The van der Waals surface area contributed by atoms with Gasteiger partial charge in [-0.25, -0.2) is 0 Å². The van der Waals surface area contributed by atoms with Crippen molar-refractivity contribution >= 4 is 0 Å². The molecule has 0 unspecified atom stereocenters. The molecular formula is C16H18O. The number of benzene rings is 1. The lowest BCUT2D eigenvalue weighted by Gasteiger charge is -2.18. The number of rotatable bonds is 4. The highest BCUT2D eigenvalue weighted by Crippen LogP contribution is 2.38. The first-order valence-corrected chi connectivity index (χ1v) is 6.40. The van der Waals surface area contributed by atoms with Crippen LogP contribution in [0.3, 0.4) is 0 Å². The van der Waals surface area contributed by atoms with Gasteiger partial charge < -0.3 is 4.74 Å². The molecule has 1 aromatic carbocycles. The molecule has 0 spiro atoms. The second-order valence-electron chi connectivity index (χ2n) is 4.95. The Labute approximate surface area is 103 Å². The summed E-state index contributed by atoms with van der Waals surface area (Å²) < 4.78 is 5.83. The highest BCUT2D eigenvalue weighted by atomic mass is 16.5. The number of ether oxygens (including phenoxy) is 1. The molecule has 17 heavy (non-hydrogen) atoms. The Hall–Kier alpha value is -1.34. The summed E-state index contributed by atoms with van der Waals surface area (Å²) in [5.74, 6) is 2.06. The van der Waals surface area contributed by atoms with E-state index < -0.39 is 0 Å². The van der Waals surface area contributed by atoms with E-state index in [0.717, 1.165) is 19.1 Å². The van der Waals surface area contributed by atoms with Gasteiger partial charge in [-0.3, -0.25) is 0 Å². The highest BCUT2D eigenvalue weighted by Gasteiger charge is 2.31. The SMILES string of the molecule is C1=C[C@@H]2C=C[C@@H](COCc3ccccc3)[C@@H]2C1. The van der Waals surface area contributed by atoms with Gasteiger partial charge in [0, 0.05) is 5.92 Å². The van der Waals surface area contributed by atoms with Crippen LogP contribution in [0, 0.1) is 17.8 Å². The minimum absolute atomic E-state index is 0.610. The molecule has 1 heteroatoms. The molecule has 0 aromatic heterocycles. The Balaban J connectivity index is 1.48. The van der Waals surface area contributed by atoms with Crippen molar-refractivity contribution in [2.45, 2.75) is 13.0 Å². The zero-order valence-electron chi connectivity index (χ0n) is 9.96. The lowest BCUT2D eigenvalue weighted by atomic mass is 9.91. The van der Waals surface area contributed by atoms with Gasteiger partial charge in [0.2, 0.25) is 0 Å². The molecule has 88 valence electrons. The van der Waals surface area contributed by atoms with Crippen LogP contribution >= 0.6 is 0 Å². The average molecular weight is 226 g/mol. The predicted octanol–water partition coefficient (Wildman–Crippen LogP) is 3.58. The van der Waals surface area contributed by atoms with E-state index in [1.165, 1.54) is 12.0 Å². The fraction of sp³-hybridized carbons (Fsp3) is 0.375. The summed E-state index contributed by atoms with van der Waals surface area (Å²) in [6.45, 7) is 1.59. The number of allylic oxidation sites excluding steroid dienone is 3. The Bertz CT molecular complexity index is 418. The summed E-state index contributed by atoms with van der Waals surface area (Å²) in [5.41, 5.74) is 1.26. The van der Waals surface area contributed by atoms with Crippen LogP contribution in [-0.4, -0.2) is 6.61 Å². The Kier molecular flexibility index (Phi) is 3.10. The minimum Gasteiger partial charge on any atom is -0.376 e. The van der Waals surface area contributed by atoms with Gasteiger partial charge in [0.15, 0.2) is 0 Å². The van der Waals surface area contributed by atoms with Crippen molar-refractivity contribution in [2.24, 2.45) is 17.8 Å². The Morgan fingerprint density at radius 1 is 1.06 bits per heavy atom. The molecule has 2 aliphatic carbocycles. The molecule has 0 aliphatic heterocycles. The van der Waals surface area contributed by atoms with E-state index in [1.54, 1.807) is 0 Å². The Morgan fingerprint density at radius 3 is 2.82 bits per heavy atom. The molecule has 0 saturated heterocycles. The third-order valence-electron chi connectivity index (χ3n) is 3.81. The molecule has 0 N–H and O–H groups in total. The van der Waals surface area contributed by atoms with Gasteiger partial charge in [0.25, 0.3) is 0 Å². The third kappa shape index (κ3) is 2.34. The molecule has 0 fully saturated rings. The van der Waals surface area contributed by atoms with Gasteiger partial charge in [-0.05, 0) is 23.8 Å². The molecule has 0 saturated carbocycles. The van der Waals surface area contributed by atoms with Gasteiger partial charge in [-0.15, -0.1) is 0 Å². The minimum atomic E-state index is 0.610. The molecule has 0 heterocycles. The van der Waals surface area contributed by atoms with Crippen molar-refractivity contribution in [3.63, 3.8) is 0 Å². The van der Waals surface area contributed by atoms with Crippen molar-refractivity contribution in [1.82, 2.24) is 0 Å². The first-order chi connectivity index (χ1) is 8.43. The number of hydrogen-bond donors (Lipinski definition) is 0. The first kappa shape index (κ1) is 10.8. The highest BCUT2D eigenvalue weighted by molar-refractivity contribution is 5.19. The number of hydrogen-bond acceptors (Lipinski definition) is 1. The second kappa shape index (κ2) is 4.89. The van der Waals surface area contributed by atoms with Crippen LogP contribution in [-0.2, 0) is 11.3 Å². The van der Waals surface area contributed by atoms with E-state index in [-0.39, 0.29) is 0 Å². The zero-order valence-corrected chi connectivity index (χ0v) is 9.96. The van der Waals surface area contributed by atoms with Crippen LogP contribution in [0.1, 0.15) is 12.0 Å². The quantitative estimate of drug-likeness (QED) is 0.713. The topological polar surface area (TPSA) is 9.23 Å². The zero-order chi connectivity index (χ0) is 11.5. The monoisotopic (exact) mass is 226 g/mol. The van der Waals surface area contributed by atoms with E-state index in [4.69, 9.17) is 4.74 Å². The fourth-order valence-electron chi connectivity index (χ4n) is 2.84. The molecular weight excluding hydrogens is 208 g/mol. The van der Waals surface area contributed by atoms with Crippen LogP contribution in [0.5, 0.6) is 0 Å². The maximum absolute atomic E-state index is 5.83. The standard InChI is InChI=1S/C16H18O/c1-2-5-13(6-3-1)11-17-12-15-10-9-14-7-4-8-16(14)15/h1-7,9-10,14-16H,8,11-12H2/t14-,15+,16-/m1/s1. The van der Waals surface area contributed by atoms with Crippen molar-refractivity contribution in [3.8, 4) is 0 Å². The molecule has 0 amide bonds. The van der Waals surface area contributed by atoms with Crippen LogP contribution in [0.4, 0.5) is 0 Å². The van der Waals surface area contributed by atoms with Gasteiger partial charge in [-0.1, -0.05) is 54.6 Å². The van der Waals surface area contributed by atoms with Gasteiger partial charge in [0.05, 0.1) is 13.2 Å². The van der Waals surface area contributed by atoms with E-state index in [1.807, 2.05) is 6.07 Å². The summed E-state index contributed by atoms with van der Waals surface area (Å²) in [4.78, 5) is 0. The molecule has 0 bridgehead atoms. The summed E-state index contributed by atoms with van der Waals surface area (Å²) in [6, 6.07) is 10.4. The second-order valence-corrected chi connectivity index (χ2v) is 4.95. The van der Waals surface area contributed by atoms with Crippen LogP contribution < -0.4 is 0 Å². The maximum Gasteiger partial charge on any atom is 0.0717 e. The fourth-order valence-corrected chi connectivity index (χ4v) is 2.84. The van der Waals surface area contributed by atoms with E-state index >= 15 is 0 Å². The molecule has 3 atom stereocenters. The van der Waals surface area contributed by atoms with Crippen LogP contribution in [0.25, 0.3) is 0 Å². The summed E-state index contributed by atoms with van der Waals surface area (Å²) in [6.07, 6.45) is 10.5. The van der Waals surface area contributed by atoms with Gasteiger partial charge >= 0.3 is 0 Å². The van der Waals surface area contributed by atoms with Crippen molar-refractivity contribution in [2.75, 3.05) is 6.61 Å². The first-order valence-electron chi connectivity index (χ1n) is 6.40. The third-order valence-corrected chi connectivity index (χ3v) is 3.81. The van der Waals surface area contributed by atoms with Gasteiger partial charge in [0.1, 0.15) is 0 Å². The van der Waals surface area contributed by atoms with Crippen molar-refractivity contribution in [1.29, 1.82) is 0 Å². The molecule has 1 nitrogen and oxygen atoms in total. The van der Waals surface area contributed by atoms with E-state index in [9.17, 15) is 0 Å². The average Bonchev–Trinajstić information content (AvgIpc) is 2.95. The molecule has 1 aromatic rings. The largest absolute Gasteiger partial charge is 0.376 e. The number of fused-ring (bicyclic) bond motifs is 1. The maximum atomic E-state index is 5.83. The molecule has 3 rings (SSSR count). The summed E-state index contributed by atoms with van der Waals surface area (Å²) in [7, 11) is 0. The normalized spacial score (nSPS) is 29.8. The lowest BCUT2D eigenvalue weighted by Crippen LogP contribution is -2.16. The van der Waals surface area contributed by atoms with E-state index in [2.05, 4.69) is 48.6 Å². The van der Waals surface area contributed by atoms with Crippen molar-refractivity contribution in [3.05, 3.63) is 60.2 Å². The molecule has 0 radical (unpaired) electrons. The van der Waals surface area contributed by atoms with Crippen LogP contribution in [0.2, 0.25) is 0 Å².